The van der Waals surface area contributed by atoms with Crippen LogP contribution in [0, 0.1) is 11.3 Å². The van der Waals surface area contributed by atoms with Gasteiger partial charge in [-0.05, 0) is 42.0 Å². The Kier molecular flexibility index (Phi) is 6.12. The maximum absolute atomic E-state index is 11.7. The number of carbonyl (C=O) groups is 2. The Morgan fingerprint density at radius 1 is 1.21 bits per heavy atom. The monoisotopic (exact) mass is 340 g/mol. The molecule has 2 aromatic carbocycles. The van der Waals surface area contributed by atoms with Gasteiger partial charge in [-0.2, -0.15) is 5.26 Å². The molecule has 120 valence electrons. The van der Waals surface area contributed by atoms with Gasteiger partial charge in [-0.1, -0.05) is 29.8 Å². The fourth-order valence-corrected chi connectivity index (χ4v) is 1.91. The van der Waals surface area contributed by atoms with Gasteiger partial charge in [0.25, 0.3) is 5.91 Å². The van der Waals surface area contributed by atoms with Crippen molar-refractivity contribution in [3.05, 3.63) is 70.8 Å². The number of rotatable bonds is 5. The predicted molar refractivity (Wildman–Crippen MR) is 91.2 cm³/mol. The summed E-state index contributed by atoms with van der Waals surface area (Å²) in [6.45, 7) is -0.416. The molecule has 0 aliphatic rings. The van der Waals surface area contributed by atoms with Crippen LogP contribution in [0.2, 0.25) is 5.02 Å². The van der Waals surface area contributed by atoms with Crippen LogP contribution < -0.4 is 5.32 Å². The Balaban J connectivity index is 1.81. The van der Waals surface area contributed by atoms with Gasteiger partial charge in [-0.3, -0.25) is 4.79 Å². The number of hydrogen-bond acceptors (Lipinski definition) is 4. The quantitative estimate of drug-likeness (QED) is 0.668. The summed E-state index contributed by atoms with van der Waals surface area (Å²) in [5.41, 5.74) is 1.68. The lowest BCUT2D eigenvalue weighted by atomic mass is 10.2. The van der Waals surface area contributed by atoms with E-state index in [1.54, 1.807) is 48.5 Å². The number of benzene rings is 2. The number of halogens is 1. The zero-order chi connectivity index (χ0) is 17.4. The summed E-state index contributed by atoms with van der Waals surface area (Å²) in [6, 6.07) is 15.3. The Labute approximate surface area is 144 Å². The highest BCUT2D eigenvalue weighted by Gasteiger charge is 2.06. The van der Waals surface area contributed by atoms with Crippen molar-refractivity contribution in [2.24, 2.45) is 0 Å². The Morgan fingerprint density at radius 2 is 1.96 bits per heavy atom. The average molecular weight is 341 g/mol. The van der Waals surface area contributed by atoms with Gasteiger partial charge in [0.15, 0.2) is 6.61 Å². The predicted octanol–water partition coefficient (Wildman–Crippen LogP) is 3.41. The molecule has 0 bridgehead atoms. The number of anilines is 1. The molecule has 0 saturated heterocycles. The summed E-state index contributed by atoms with van der Waals surface area (Å²) in [5.74, 6) is -1.12. The number of carbonyl (C=O) groups excluding carboxylic acids is 2. The van der Waals surface area contributed by atoms with Gasteiger partial charge in [0.1, 0.15) is 0 Å². The molecule has 0 aliphatic heterocycles. The van der Waals surface area contributed by atoms with E-state index in [4.69, 9.17) is 21.6 Å². The van der Waals surface area contributed by atoms with Crippen LogP contribution >= 0.6 is 11.6 Å². The molecule has 0 heterocycles. The smallest absolute Gasteiger partial charge is 0.331 e. The second-order valence-corrected chi connectivity index (χ2v) is 5.17. The molecule has 0 aromatic heterocycles. The molecule has 0 saturated carbocycles. The van der Waals surface area contributed by atoms with Crippen LogP contribution in [0.15, 0.2) is 54.6 Å². The number of amides is 1. The maximum Gasteiger partial charge on any atom is 0.331 e. The molecule has 0 fully saturated rings. The minimum atomic E-state index is -0.633. The third-order valence-electron chi connectivity index (χ3n) is 2.90. The number of ether oxygens (including phenoxy) is 1. The van der Waals surface area contributed by atoms with Gasteiger partial charge >= 0.3 is 5.97 Å². The van der Waals surface area contributed by atoms with Gasteiger partial charge in [0.2, 0.25) is 0 Å². The van der Waals surface area contributed by atoms with Crippen LogP contribution in [0.25, 0.3) is 6.08 Å². The van der Waals surface area contributed by atoms with Crippen LogP contribution in [0.5, 0.6) is 0 Å². The first kappa shape index (κ1) is 17.3. The summed E-state index contributed by atoms with van der Waals surface area (Å²) in [5, 5.41) is 11.9. The molecular formula is C18H13ClN2O3. The summed E-state index contributed by atoms with van der Waals surface area (Å²) < 4.78 is 4.85. The standard InChI is InChI=1S/C18H13ClN2O3/c19-15-7-4-13(5-8-15)6-9-18(23)24-12-17(22)21-16-3-1-2-14(10-16)11-20/h1-10H,12H2,(H,21,22)/b9-6+. The van der Waals surface area contributed by atoms with E-state index in [0.29, 0.717) is 16.3 Å². The van der Waals surface area contributed by atoms with Gasteiger partial charge in [0.05, 0.1) is 11.6 Å². The molecule has 2 rings (SSSR count). The van der Waals surface area contributed by atoms with E-state index in [2.05, 4.69) is 5.32 Å². The maximum atomic E-state index is 11.7. The van der Waals surface area contributed by atoms with Crippen molar-refractivity contribution < 1.29 is 14.3 Å². The largest absolute Gasteiger partial charge is 0.452 e. The molecule has 6 heteroatoms. The van der Waals surface area contributed by atoms with E-state index in [0.717, 1.165) is 5.56 Å². The van der Waals surface area contributed by atoms with E-state index >= 15 is 0 Å². The lowest BCUT2D eigenvalue weighted by Gasteiger charge is -2.05. The highest BCUT2D eigenvalue weighted by Crippen LogP contribution is 2.11. The molecule has 0 spiro atoms. The van der Waals surface area contributed by atoms with E-state index in [-0.39, 0.29) is 0 Å². The summed E-state index contributed by atoms with van der Waals surface area (Å²) in [6.07, 6.45) is 2.79. The number of hydrogen-bond donors (Lipinski definition) is 1. The molecule has 1 amide bonds. The minimum absolute atomic E-state index is 0.416. The van der Waals surface area contributed by atoms with Crippen molar-refractivity contribution in [2.75, 3.05) is 11.9 Å². The fraction of sp³-hybridized carbons (Fsp3) is 0.0556. The summed E-state index contributed by atoms with van der Waals surface area (Å²) in [7, 11) is 0. The zero-order valence-corrected chi connectivity index (χ0v) is 13.3. The molecule has 0 atom stereocenters. The minimum Gasteiger partial charge on any atom is -0.452 e. The third kappa shape index (κ3) is 5.59. The second kappa shape index (κ2) is 8.51. The van der Waals surface area contributed by atoms with Crippen molar-refractivity contribution in [1.82, 2.24) is 0 Å². The fourth-order valence-electron chi connectivity index (χ4n) is 1.79. The first-order chi connectivity index (χ1) is 11.6. The van der Waals surface area contributed by atoms with E-state index < -0.39 is 18.5 Å². The molecule has 0 aliphatic carbocycles. The lowest BCUT2D eigenvalue weighted by Crippen LogP contribution is -2.20. The van der Waals surface area contributed by atoms with E-state index in [1.807, 2.05) is 6.07 Å². The van der Waals surface area contributed by atoms with Crippen molar-refractivity contribution >= 4 is 35.2 Å². The van der Waals surface area contributed by atoms with Gasteiger partial charge < -0.3 is 10.1 Å². The third-order valence-corrected chi connectivity index (χ3v) is 3.15. The molecule has 0 unspecified atom stereocenters. The van der Waals surface area contributed by atoms with E-state index in [9.17, 15) is 9.59 Å². The normalized spacial score (nSPS) is 10.2. The number of esters is 1. The molecule has 24 heavy (non-hydrogen) atoms. The second-order valence-electron chi connectivity index (χ2n) is 4.73. The van der Waals surface area contributed by atoms with Crippen molar-refractivity contribution in [3.8, 4) is 6.07 Å². The van der Waals surface area contributed by atoms with Crippen LogP contribution in [0.3, 0.4) is 0 Å². The van der Waals surface area contributed by atoms with Crippen molar-refractivity contribution in [2.45, 2.75) is 0 Å². The first-order valence-electron chi connectivity index (χ1n) is 6.97. The van der Waals surface area contributed by atoms with Crippen molar-refractivity contribution in [1.29, 1.82) is 5.26 Å². The highest BCUT2D eigenvalue weighted by atomic mass is 35.5. The van der Waals surface area contributed by atoms with Crippen LogP contribution in [0.4, 0.5) is 5.69 Å². The van der Waals surface area contributed by atoms with Crippen LogP contribution in [-0.2, 0) is 14.3 Å². The van der Waals surface area contributed by atoms with Gasteiger partial charge in [-0.15, -0.1) is 0 Å². The van der Waals surface area contributed by atoms with Gasteiger partial charge in [0, 0.05) is 16.8 Å². The first-order valence-corrected chi connectivity index (χ1v) is 7.35. The SMILES string of the molecule is N#Cc1cccc(NC(=O)COC(=O)/C=C/c2ccc(Cl)cc2)c1. The lowest BCUT2D eigenvalue weighted by molar-refractivity contribution is -0.142. The molecule has 0 radical (unpaired) electrons. The zero-order valence-electron chi connectivity index (χ0n) is 12.5. The van der Waals surface area contributed by atoms with Crippen molar-refractivity contribution in [3.63, 3.8) is 0 Å². The Bertz CT molecular complexity index is 808. The number of nitriles is 1. The van der Waals surface area contributed by atoms with Gasteiger partial charge in [-0.25, -0.2) is 4.79 Å². The molecule has 2 aromatic rings. The molecule has 5 nitrogen and oxygen atoms in total. The van der Waals surface area contributed by atoms with Crippen LogP contribution in [-0.4, -0.2) is 18.5 Å². The van der Waals surface area contributed by atoms with E-state index in [1.165, 1.54) is 12.1 Å². The number of nitrogens with one attached hydrogen (secondary N) is 1. The Hall–Kier alpha value is -3.10. The topological polar surface area (TPSA) is 79.2 Å². The Morgan fingerprint density at radius 3 is 2.67 bits per heavy atom. The number of nitrogens with zero attached hydrogens (tertiary/aromatic N) is 1. The summed E-state index contributed by atoms with van der Waals surface area (Å²) >= 11 is 5.77. The molecular weight excluding hydrogens is 328 g/mol. The summed E-state index contributed by atoms with van der Waals surface area (Å²) in [4.78, 5) is 23.3. The highest BCUT2D eigenvalue weighted by molar-refractivity contribution is 6.30. The molecule has 1 N–H and O–H groups in total. The van der Waals surface area contributed by atoms with Crippen LogP contribution in [0.1, 0.15) is 11.1 Å². The average Bonchev–Trinajstić information content (AvgIpc) is 2.59.